The maximum atomic E-state index is 13.6. The van der Waals surface area contributed by atoms with Crippen LogP contribution in [0, 0.1) is 12.8 Å². The van der Waals surface area contributed by atoms with Crippen molar-refractivity contribution in [1.29, 1.82) is 0 Å². The van der Waals surface area contributed by atoms with E-state index >= 15 is 0 Å². The molecule has 1 N–H and O–H groups in total. The van der Waals surface area contributed by atoms with Gasteiger partial charge >= 0.3 is 0 Å². The number of hydrogen-bond donors (Lipinski definition) is 1. The Morgan fingerprint density at radius 1 is 1.10 bits per heavy atom. The molecule has 4 aliphatic rings. The zero-order valence-electron chi connectivity index (χ0n) is 17.4. The van der Waals surface area contributed by atoms with Crippen molar-refractivity contribution in [3.05, 3.63) is 35.4 Å². The lowest BCUT2D eigenvalue weighted by atomic mass is 9.96. The van der Waals surface area contributed by atoms with Crippen molar-refractivity contribution in [3.8, 4) is 0 Å². The molecule has 2 saturated heterocycles. The molecular weight excluding hydrogens is 382 g/mol. The normalized spacial score (nSPS) is 25.4. The molecule has 0 aromatic heterocycles. The van der Waals surface area contributed by atoms with Crippen molar-refractivity contribution in [2.45, 2.75) is 63.3 Å². The Balaban J connectivity index is 1.40. The zero-order valence-corrected chi connectivity index (χ0v) is 17.4. The summed E-state index contributed by atoms with van der Waals surface area (Å²) in [6, 6.07) is 7.06. The van der Waals surface area contributed by atoms with E-state index in [4.69, 9.17) is 4.74 Å². The van der Waals surface area contributed by atoms with Gasteiger partial charge in [0.1, 0.15) is 11.8 Å². The van der Waals surface area contributed by atoms with Gasteiger partial charge in [0.2, 0.25) is 11.8 Å². The summed E-state index contributed by atoms with van der Waals surface area (Å²) < 4.78 is 6.21. The summed E-state index contributed by atoms with van der Waals surface area (Å²) in [6.45, 7) is 3.27. The first-order chi connectivity index (χ1) is 14.5. The first-order valence-electron chi connectivity index (χ1n) is 11.1. The van der Waals surface area contributed by atoms with Crippen LogP contribution in [0.25, 0.3) is 0 Å². The number of benzene rings is 1. The SMILES string of the molecule is Cc1cccc(C(=O)N2[C@@H](C(=O)NC3CC3)COC23CCN(C(=O)C2CC2)CC3)c1. The highest BCUT2D eigenvalue weighted by Crippen LogP contribution is 2.40. The van der Waals surface area contributed by atoms with E-state index in [1.54, 1.807) is 11.0 Å². The minimum Gasteiger partial charge on any atom is -0.353 e. The van der Waals surface area contributed by atoms with E-state index in [0.29, 0.717) is 31.5 Å². The third-order valence-corrected chi connectivity index (χ3v) is 6.75. The number of carbonyl (C=O) groups excluding carboxylic acids is 3. The largest absolute Gasteiger partial charge is 0.353 e. The molecule has 3 amide bonds. The second-order valence-corrected chi connectivity index (χ2v) is 9.20. The molecular formula is C23H29N3O4. The highest BCUT2D eigenvalue weighted by atomic mass is 16.5. The third-order valence-electron chi connectivity index (χ3n) is 6.75. The van der Waals surface area contributed by atoms with Crippen molar-refractivity contribution in [3.63, 3.8) is 0 Å². The summed E-state index contributed by atoms with van der Waals surface area (Å²) >= 11 is 0. The van der Waals surface area contributed by atoms with E-state index < -0.39 is 11.8 Å². The molecule has 2 saturated carbocycles. The van der Waals surface area contributed by atoms with E-state index in [0.717, 1.165) is 31.2 Å². The number of likely N-dealkylation sites (tertiary alicyclic amines) is 1. The monoisotopic (exact) mass is 411 g/mol. The number of amides is 3. The van der Waals surface area contributed by atoms with Gasteiger partial charge in [0.25, 0.3) is 5.91 Å². The van der Waals surface area contributed by atoms with E-state index in [1.807, 2.05) is 30.0 Å². The molecule has 0 bridgehead atoms. The fraction of sp³-hybridized carbons (Fsp3) is 0.609. The van der Waals surface area contributed by atoms with Gasteiger partial charge in [-0.15, -0.1) is 0 Å². The minimum atomic E-state index is -0.827. The lowest BCUT2D eigenvalue weighted by Gasteiger charge is -2.44. The quantitative estimate of drug-likeness (QED) is 0.820. The van der Waals surface area contributed by atoms with Crippen molar-refractivity contribution < 1.29 is 19.1 Å². The van der Waals surface area contributed by atoms with Gasteiger partial charge in [0.05, 0.1) is 6.61 Å². The molecule has 1 spiro atoms. The number of piperidine rings is 1. The van der Waals surface area contributed by atoms with Crippen LogP contribution >= 0.6 is 0 Å². The van der Waals surface area contributed by atoms with Crippen LogP contribution in [0.2, 0.25) is 0 Å². The summed E-state index contributed by atoms with van der Waals surface area (Å²) in [5.74, 6) is 0.106. The standard InChI is InChI=1S/C23H29N3O4/c1-15-3-2-4-17(13-15)22(29)26-19(20(27)24-18-7-8-18)14-30-23(26)9-11-25(12-10-23)21(28)16-5-6-16/h2-4,13,16,18-19H,5-12,14H2,1H3,(H,24,27)/t19-/m1/s1. The first kappa shape index (κ1) is 19.5. The van der Waals surface area contributed by atoms with Gasteiger partial charge in [-0.1, -0.05) is 17.7 Å². The Labute approximate surface area is 176 Å². The smallest absolute Gasteiger partial charge is 0.256 e. The van der Waals surface area contributed by atoms with Gasteiger partial charge in [-0.3, -0.25) is 19.3 Å². The highest BCUT2D eigenvalue weighted by Gasteiger charge is 2.55. The second-order valence-electron chi connectivity index (χ2n) is 9.20. The van der Waals surface area contributed by atoms with Crippen LogP contribution in [-0.2, 0) is 14.3 Å². The van der Waals surface area contributed by atoms with Crippen LogP contribution in [0.3, 0.4) is 0 Å². The van der Waals surface area contributed by atoms with Gasteiger partial charge in [-0.25, -0.2) is 0 Å². The summed E-state index contributed by atoms with van der Waals surface area (Å²) in [5.41, 5.74) is 0.742. The molecule has 7 nitrogen and oxygen atoms in total. The molecule has 7 heteroatoms. The van der Waals surface area contributed by atoms with Gasteiger partial charge < -0.3 is 15.0 Å². The lowest BCUT2D eigenvalue weighted by Crippen LogP contribution is -2.60. The second kappa shape index (κ2) is 7.38. The fourth-order valence-electron chi connectivity index (χ4n) is 4.67. The fourth-order valence-corrected chi connectivity index (χ4v) is 4.67. The Morgan fingerprint density at radius 2 is 1.83 bits per heavy atom. The molecule has 1 aromatic rings. The lowest BCUT2D eigenvalue weighted by molar-refractivity contribution is -0.144. The molecule has 160 valence electrons. The highest BCUT2D eigenvalue weighted by molar-refractivity contribution is 5.98. The van der Waals surface area contributed by atoms with Crippen LogP contribution in [-0.4, -0.2) is 65.0 Å². The predicted molar refractivity (Wildman–Crippen MR) is 110 cm³/mol. The van der Waals surface area contributed by atoms with Gasteiger partial charge in [0.15, 0.2) is 0 Å². The molecule has 4 fully saturated rings. The molecule has 30 heavy (non-hydrogen) atoms. The number of ether oxygens (including phenoxy) is 1. The van der Waals surface area contributed by atoms with Crippen molar-refractivity contribution >= 4 is 17.7 Å². The van der Waals surface area contributed by atoms with Crippen LogP contribution in [0.4, 0.5) is 0 Å². The van der Waals surface area contributed by atoms with Crippen molar-refractivity contribution in [1.82, 2.24) is 15.1 Å². The topological polar surface area (TPSA) is 79.0 Å². The Bertz CT molecular complexity index is 869. The van der Waals surface area contributed by atoms with E-state index in [-0.39, 0.29) is 36.3 Å². The molecule has 2 aliphatic heterocycles. The molecule has 1 atom stereocenters. The van der Waals surface area contributed by atoms with Crippen molar-refractivity contribution in [2.75, 3.05) is 19.7 Å². The first-order valence-corrected chi connectivity index (χ1v) is 11.1. The average molecular weight is 412 g/mol. The van der Waals surface area contributed by atoms with Crippen LogP contribution < -0.4 is 5.32 Å². The Hall–Kier alpha value is -2.41. The number of rotatable bonds is 4. The summed E-state index contributed by atoms with van der Waals surface area (Å²) in [6.07, 6.45) is 5.03. The summed E-state index contributed by atoms with van der Waals surface area (Å²) in [7, 11) is 0. The van der Waals surface area contributed by atoms with Gasteiger partial charge in [0, 0.05) is 43.5 Å². The Kier molecular flexibility index (Phi) is 4.81. The number of hydrogen-bond acceptors (Lipinski definition) is 4. The minimum absolute atomic E-state index is 0.133. The molecule has 0 radical (unpaired) electrons. The summed E-state index contributed by atoms with van der Waals surface area (Å²) in [4.78, 5) is 42.6. The van der Waals surface area contributed by atoms with E-state index in [2.05, 4.69) is 5.32 Å². The maximum Gasteiger partial charge on any atom is 0.256 e. The number of nitrogens with one attached hydrogen (secondary N) is 1. The van der Waals surface area contributed by atoms with E-state index in [9.17, 15) is 14.4 Å². The average Bonchev–Trinajstić information content (AvgIpc) is 3.67. The third kappa shape index (κ3) is 3.60. The van der Waals surface area contributed by atoms with Crippen LogP contribution in [0.5, 0.6) is 0 Å². The number of carbonyl (C=O) groups is 3. The molecule has 5 rings (SSSR count). The molecule has 1 aromatic carbocycles. The maximum absolute atomic E-state index is 13.6. The Morgan fingerprint density at radius 3 is 2.47 bits per heavy atom. The molecule has 0 unspecified atom stereocenters. The predicted octanol–water partition coefficient (Wildman–Crippen LogP) is 1.84. The number of nitrogens with zero attached hydrogens (tertiary/aromatic N) is 2. The van der Waals surface area contributed by atoms with Gasteiger partial charge in [-0.2, -0.15) is 0 Å². The van der Waals surface area contributed by atoms with Crippen LogP contribution in [0.1, 0.15) is 54.4 Å². The molecule has 2 heterocycles. The van der Waals surface area contributed by atoms with Gasteiger partial charge in [-0.05, 0) is 44.7 Å². The molecule has 2 aliphatic carbocycles. The summed E-state index contributed by atoms with van der Waals surface area (Å²) in [5, 5.41) is 3.04. The van der Waals surface area contributed by atoms with E-state index in [1.165, 1.54) is 0 Å². The number of aryl methyl sites for hydroxylation is 1. The van der Waals surface area contributed by atoms with Crippen molar-refractivity contribution in [2.24, 2.45) is 5.92 Å². The zero-order chi connectivity index (χ0) is 20.9. The van der Waals surface area contributed by atoms with Crippen LogP contribution in [0.15, 0.2) is 24.3 Å².